The third kappa shape index (κ3) is 5.02. The molecule has 1 aliphatic rings. The fourth-order valence-corrected chi connectivity index (χ4v) is 4.48. The lowest BCUT2D eigenvalue weighted by atomic mass is 9.98. The Labute approximate surface area is 158 Å². The smallest absolute Gasteiger partial charge is 0.232 e. The van der Waals surface area contributed by atoms with Gasteiger partial charge in [-0.05, 0) is 37.3 Å². The summed E-state index contributed by atoms with van der Waals surface area (Å²) >= 11 is 7.81. The Morgan fingerprint density at radius 1 is 1.40 bits per heavy atom. The number of likely N-dealkylation sites (tertiary alicyclic amines) is 1. The van der Waals surface area contributed by atoms with Crippen molar-refractivity contribution in [3.63, 3.8) is 0 Å². The van der Waals surface area contributed by atoms with Crippen molar-refractivity contribution in [2.24, 2.45) is 5.92 Å². The van der Waals surface area contributed by atoms with Crippen molar-refractivity contribution in [1.82, 2.24) is 14.5 Å². The van der Waals surface area contributed by atoms with Crippen LogP contribution in [0.15, 0.2) is 36.7 Å². The summed E-state index contributed by atoms with van der Waals surface area (Å²) in [4.78, 5) is 18.8. The molecule has 0 aliphatic carbocycles. The van der Waals surface area contributed by atoms with Crippen LogP contribution in [0.3, 0.4) is 0 Å². The van der Waals surface area contributed by atoms with Crippen molar-refractivity contribution < 1.29 is 4.79 Å². The van der Waals surface area contributed by atoms with E-state index in [4.69, 9.17) is 11.6 Å². The summed E-state index contributed by atoms with van der Waals surface area (Å²) in [7, 11) is 0. The van der Waals surface area contributed by atoms with Crippen molar-refractivity contribution in [2.45, 2.75) is 32.1 Å². The molecule has 6 heteroatoms. The Hall–Kier alpha value is -1.46. The fraction of sp³-hybridized carbons (Fsp3) is 0.474. The molecule has 1 unspecified atom stereocenters. The Kier molecular flexibility index (Phi) is 6.43. The van der Waals surface area contributed by atoms with Crippen molar-refractivity contribution in [3.8, 4) is 0 Å². The first-order valence-corrected chi connectivity index (χ1v) is 10.2. The average Bonchev–Trinajstić information content (AvgIpc) is 3.01. The van der Waals surface area contributed by atoms with Crippen LogP contribution in [0, 0.1) is 12.8 Å². The fourth-order valence-electron chi connectivity index (χ4n) is 3.27. The van der Waals surface area contributed by atoms with Crippen LogP contribution in [-0.2, 0) is 17.1 Å². The second-order valence-electron chi connectivity index (χ2n) is 6.56. The zero-order valence-corrected chi connectivity index (χ0v) is 16.1. The molecule has 0 saturated carbocycles. The molecule has 1 saturated heterocycles. The summed E-state index contributed by atoms with van der Waals surface area (Å²) in [5, 5.41) is 0.774. The van der Waals surface area contributed by atoms with Crippen LogP contribution in [0.5, 0.6) is 0 Å². The summed E-state index contributed by atoms with van der Waals surface area (Å²) < 4.78 is 2.19. The summed E-state index contributed by atoms with van der Waals surface area (Å²) in [6.45, 7) is 4.70. The van der Waals surface area contributed by atoms with Crippen LogP contribution in [0.2, 0.25) is 5.02 Å². The maximum absolute atomic E-state index is 12.5. The first-order valence-electron chi connectivity index (χ1n) is 8.70. The molecule has 1 aromatic carbocycles. The predicted octanol–water partition coefficient (Wildman–Crippen LogP) is 4.02. The number of carbonyl (C=O) groups excluding carboxylic acids is 1. The van der Waals surface area contributed by atoms with Gasteiger partial charge in [0.2, 0.25) is 5.91 Å². The minimum Gasteiger partial charge on any atom is -0.342 e. The maximum Gasteiger partial charge on any atom is 0.232 e. The molecule has 0 bridgehead atoms. The van der Waals surface area contributed by atoms with E-state index in [0.717, 1.165) is 48.2 Å². The summed E-state index contributed by atoms with van der Waals surface area (Å²) in [6.07, 6.45) is 6.12. The van der Waals surface area contributed by atoms with Crippen molar-refractivity contribution in [1.29, 1.82) is 0 Å². The molecule has 1 fully saturated rings. The van der Waals surface area contributed by atoms with E-state index in [-0.39, 0.29) is 5.91 Å². The number of hydrogen-bond donors (Lipinski definition) is 0. The lowest BCUT2D eigenvalue weighted by molar-refractivity contribution is -0.130. The Balaban J connectivity index is 1.47. The number of aromatic nitrogens is 2. The van der Waals surface area contributed by atoms with Gasteiger partial charge in [0.1, 0.15) is 5.82 Å². The summed E-state index contributed by atoms with van der Waals surface area (Å²) in [6, 6.07) is 7.82. The van der Waals surface area contributed by atoms with E-state index in [1.807, 2.05) is 48.5 Å². The van der Waals surface area contributed by atoms with E-state index in [2.05, 4.69) is 9.55 Å². The highest BCUT2D eigenvalue weighted by Gasteiger charge is 2.24. The molecule has 1 aliphatic heterocycles. The maximum atomic E-state index is 12.5. The molecule has 0 spiro atoms. The largest absolute Gasteiger partial charge is 0.342 e. The van der Waals surface area contributed by atoms with E-state index in [1.165, 1.54) is 6.42 Å². The molecule has 1 amide bonds. The molecule has 2 heterocycles. The molecule has 4 nitrogen and oxygen atoms in total. The van der Waals surface area contributed by atoms with E-state index in [0.29, 0.717) is 11.7 Å². The lowest BCUT2D eigenvalue weighted by Crippen LogP contribution is -2.42. The first-order chi connectivity index (χ1) is 12.1. The highest BCUT2D eigenvalue weighted by atomic mass is 35.5. The van der Waals surface area contributed by atoms with Gasteiger partial charge in [0.05, 0.1) is 5.75 Å². The van der Waals surface area contributed by atoms with E-state index < -0.39 is 0 Å². The zero-order chi connectivity index (χ0) is 17.6. The highest BCUT2D eigenvalue weighted by molar-refractivity contribution is 7.99. The SMILES string of the molecule is Cc1nccn1CC1CCCN(C(=O)CSCc2ccccc2Cl)C1. The number of amides is 1. The summed E-state index contributed by atoms with van der Waals surface area (Å²) in [5.41, 5.74) is 1.09. The number of carbonyl (C=O) groups is 1. The topological polar surface area (TPSA) is 38.1 Å². The normalized spacial score (nSPS) is 17.7. The minimum absolute atomic E-state index is 0.240. The molecule has 0 radical (unpaired) electrons. The number of benzene rings is 1. The second-order valence-corrected chi connectivity index (χ2v) is 7.95. The van der Waals surface area contributed by atoms with Gasteiger partial charge in [-0.25, -0.2) is 4.98 Å². The molecule has 1 aromatic heterocycles. The number of rotatable bonds is 6. The third-order valence-electron chi connectivity index (χ3n) is 4.69. The van der Waals surface area contributed by atoms with Crippen LogP contribution in [0.25, 0.3) is 0 Å². The lowest BCUT2D eigenvalue weighted by Gasteiger charge is -2.33. The van der Waals surface area contributed by atoms with Gasteiger partial charge < -0.3 is 9.47 Å². The van der Waals surface area contributed by atoms with Crippen molar-refractivity contribution in [3.05, 3.63) is 53.1 Å². The Bertz CT molecular complexity index is 718. The Morgan fingerprint density at radius 2 is 2.24 bits per heavy atom. The van der Waals surface area contributed by atoms with Crippen LogP contribution < -0.4 is 0 Å². The highest BCUT2D eigenvalue weighted by Crippen LogP contribution is 2.23. The van der Waals surface area contributed by atoms with Crippen LogP contribution in [0.4, 0.5) is 0 Å². The monoisotopic (exact) mass is 377 g/mol. The van der Waals surface area contributed by atoms with E-state index >= 15 is 0 Å². The first kappa shape index (κ1) is 18.3. The number of aryl methyl sites for hydroxylation is 1. The number of imidazole rings is 1. The molecular formula is C19H24ClN3OS. The third-order valence-corrected chi connectivity index (χ3v) is 6.03. The van der Waals surface area contributed by atoms with Gasteiger partial charge in [-0.1, -0.05) is 29.8 Å². The van der Waals surface area contributed by atoms with E-state index in [9.17, 15) is 4.79 Å². The van der Waals surface area contributed by atoms with Gasteiger partial charge in [-0.15, -0.1) is 11.8 Å². The Morgan fingerprint density at radius 3 is 3.00 bits per heavy atom. The van der Waals surface area contributed by atoms with Crippen LogP contribution in [0.1, 0.15) is 24.2 Å². The molecule has 134 valence electrons. The predicted molar refractivity (Wildman–Crippen MR) is 104 cm³/mol. The zero-order valence-electron chi connectivity index (χ0n) is 14.5. The van der Waals surface area contributed by atoms with E-state index in [1.54, 1.807) is 11.8 Å². The quantitative estimate of drug-likeness (QED) is 0.763. The molecule has 0 N–H and O–H groups in total. The molecule has 25 heavy (non-hydrogen) atoms. The number of hydrogen-bond acceptors (Lipinski definition) is 3. The molecular weight excluding hydrogens is 354 g/mol. The number of thioether (sulfide) groups is 1. The average molecular weight is 378 g/mol. The standard InChI is InChI=1S/C19H24ClN3OS/c1-15-21-8-10-22(15)11-16-5-4-9-23(12-16)19(24)14-25-13-17-6-2-3-7-18(17)20/h2-3,6-8,10,16H,4-5,9,11-14H2,1H3. The van der Waals surface area contributed by atoms with Gasteiger partial charge in [0, 0.05) is 42.8 Å². The molecule has 1 atom stereocenters. The summed E-state index contributed by atoms with van der Waals surface area (Å²) in [5.74, 6) is 3.08. The van der Waals surface area contributed by atoms with Crippen LogP contribution in [-0.4, -0.2) is 39.2 Å². The van der Waals surface area contributed by atoms with Crippen molar-refractivity contribution in [2.75, 3.05) is 18.8 Å². The van der Waals surface area contributed by atoms with Crippen LogP contribution >= 0.6 is 23.4 Å². The number of piperidine rings is 1. The van der Waals surface area contributed by atoms with Gasteiger partial charge in [-0.3, -0.25) is 4.79 Å². The molecule has 3 rings (SSSR count). The van der Waals surface area contributed by atoms with Crippen molar-refractivity contribution >= 4 is 29.3 Å². The number of nitrogens with zero attached hydrogens (tertiary/aromatic N) is 3. The minimum atomic E-state index is 0.240. The van der Waals surface area contributed by atoms with Gasteiger partial charge in [-0.2, -0.15) is 0 Å². The second kappa shape index (κ2) is 8.77. The molecule has 2 aromatic rings. The van der Waals surface area contributed by atoms with Gasteiger partial charge >= 0.3 is 0 Å². The van der Waals surface area contributed by atoms with Gasteiger partial charge in [0.25, 0.3) is 0 Å². The van der Waals surface area contributed by atoms with Gasteiger partial charge in [0.15, 0.2) is 0 Å². The number of halogens is 1.